The third-order valence-corrected chi connectivity index (χ3v) is 1.67. The van der Waals surface area contributed by atoms with Crippen molar-refractivity contribution in [2.45, 2.75) is 13.1 Å². The zero-order chi connectivity index (χ0) is 9.52. The van der Waals surface area contributed by atoms with Crippen LogP contribution in [0.15, 0.2) is 18.2 Å². The summed E-state index contributed by atoms with van der Waals surface area (Å²) in [5.41, 5.74) is 7.30. The molecule has 0 radical (unpaired) electrons. The van der Waals surface area contributed by atoms with Crippen molar-refractivity contribution >= 4 is 0 Å². The fourth-order valence-electron chi connectivity index (χ4n) is 1.04. The van der Waals surface area contributed by atoms with Gasteiger partial charge in [0, 0.05) is 19.6 Å². The Hall–Kier alpha value is -0.970. The highest BCUT2D eigenvalue weighted by atomic mass is 16.3. The molecule has 0 saturated heterocycles. The van der Waals surface area contributed by atoms with Crippen molar-refractivity contribution in [1.29, 1.82) is 0 Å². The fourth-order valence-corrected chi connectivity index (χ4v) is 1.04. The minimum absolute atomic E-state index is 0.149. The highest BCUT2D eigenvalue weighted by Gasteiger charge is 1.95. The van der Waals surface area contributed by atoms with Crippen LogP contribution in [-0.4, -0.2) is 23.2 Å². The largest absolute Gasteiger partial charge is 0.395 e. The van der Waals surface area contributed by atoms with Crippen molar-refractivity contribution in [3.05, 3.63) is 29.6 Å². The highest BCUT2D eigenvalue weighted by molar-refractivity contribution is 5.10. The molecular weight excluding hydrogens is 166 g/mol. The van der Waals surface area contributed by atoms with Gasteiger partial charge in [-0.15, -0.1) is 0 Å². The van der Waals surface area contributed by atoms with E-state index in [1.807, 2.05) is 18.2 Å². The first-order chi connectivity index (χ1) is 6.36. The molecule has 1 aromatic rings. The molecule has 0 aliphatic carbocycles. The van der Waals surface area contributed by atoms with Crippen molar-refractivity contribution in [3.8, 4) is 0 Å². The van der Waals surface area contributed by atoms with Crippen molar-refractivity contribution < 1.29 is 5.11 Å². The summed E-state index contributed by atoms with van der Waals surface area (Å²) < 4.78 is 0. The van der Waals surface area contributed by atoms with Crippen LogP contribution in [0.2, 0.25) is 0 Å². The van der Waals surface area contributed by atoms with Crippen LogP contribution in [0.3, 0.4) is 0 Å². The first kappa shape index (κ1) is 10.1. The van der Waals surface area contributed by atoms with Gasteiger partial charge < -0.3 is 16.2 Å². The lowest BCUT2D eigenvalue weighted by atomic mass is 10.3. The fraction of sp³-hybridized carbons (Fsp3) is 0.444. The lowest BCUT2D eigenvalue weighted by molar-refractivity contribution is 0.291. The molecule has 4 N–H and O–H groups in total. The molecule has 1 rings (SSSR count). The Morgan fingerprint density at radius 1 is 1.38 bits per heavy atom. The van der Waals surface area contributed by atoms with Crippen LogP contribution in [-0.2, 0) is 13.1 Å². The second-order valence-corrected chi connectivity index (χ2v) is 2.72. The number of hydrogen-bond acceptors (Lipinski definition) is 4. The third-order valence-electron chi connectivity index (χ3n) is 1.67. The van der Waals surface area contributed by atoms with E-state index in [-0.39, 0.29) is 6.61 Å². The summed E-state index contributed by atoms with van der Waals surface area (Å²) in [6.07, 6.45) is 0. The molecule has 13 heavy (non-hydrogen) atoms. The standard InChI is InChI=1S/C9H15N3O/c10-6-8-2-1-3-9(12-8)7-11-4-5-13/h1-3,11,13H,4-7,10H2. The van der Waals surface area contributed by atoms with Crippen molar-refractivity contribution in [3.63, 3.8) is 0 Å². The van der Waals surface area contributed by atoms with Gasteiger partial charge in [0.15, 0.2) is 0 Å². The molecule has 1 heterocycles. The van der Waals surface area contributed by atoms with E-state index in [0.29, 0.717) is 19.6 Å². The molecule has 0 aromatic carbocycles. The predicted molar refractivity (Wildman–Crippen MR) is 50.9 cm³/mol. The molecule has 0 spiro atoms. The monoisotopic (exact) mass is 181 g/mol. The predicted octanol–water partition coefficient (Wildman–Crippen LogP) is -0.378. The topological polar surface area (TPSA) is 71.2 Å². The summed E-state index contributed by atoms with van der Waals surface area (Å²) in [7, 11) is 0. The third kappa shape index (κ3) is 3.50. The molecule has 0 saturated carbocycles. The lowest BCUT2D eigenvalue weighted by Crippen LogP contribution is -2.18. The number of aromatic nitrogens is 1. The first-order valence-electron chi connectivity index (χ1n) is 4.33. The minimum Gasteiger partial charge on any atom is -0.395 e. The molecule has 0 fully saturated rings. The Kier molecular flexibility index (Phi) is 4.39. The molecule has 72 valence electrons. The number of aliphatic hydroxyl groups excluding tert-OH is 1. The van der Waals surface area contributed by atoms with Gasteiger partial charge in [-0.05, 0) is 12.1 Å². The van der Waals surface area contributed by atoms with Crippen LogP contribution in [0.25, 0.3) is 0 Å². The molecular formula is C9H15N3O. The van der Waals surface area contributed by atoms with Gasteiger partial charge in [0.1, 0.15) is 0 Å². The normalized spacial score (nSPS) is 10.3. The molecule has 0 aliphatic rings. The smallest absolute Gasteiger partial charge is 0.0556 e. The number of pyridine rings is 1. The summed E-state index contributed by atoms with van der Waals surface area (Å²) in [5.74, 6) is 0. The summed E-state index contributed by atoms with van der Waals surface area (Å²) in [6.45, 7) is 1.88. The van der Waals surface area contributed by atoms with Gasteiger partial charge in [-0.3, -0.25) is 4.98 Å². The summed E-state index contributed by atoms with van der Waals surface area (Å²) in [4.78, 5) is 4.29. The SMILES string of the molecule is NCc1cccc(CNCCO)n1. The van der Waals surface area contributed by atoms with Gasteiger partial charge in [0.05, 0.1) is 18.0 Å². The maximum atomic E-state index is 8.54. The zero-order valence-corrected chi connectivity index (χ0v) is 7.53. The van der Waals surface area contributed by atoms with E-state index in [2.05, 4.69) is 10.3 Å². The summed E-state index contributed by atoms with van der Waals surface area (Å²) in [5, 5.41) is 11.6. The average Bonchev–Trinajstić information content (AvgIpc) is 2.19. The van der Waals surface area contributed by atoms with E-state index < -0.39 is 0 Å². The van der Waals surface area contributed by atoms with E-state index in [1.54, 1.807) is 0 Å². The van der Waals surface area contributed by atoms with Crippen LogP contribution in [0.1, 0.15) is 11.4 Å². The maximum absolute atomic E-state index is 8.54. The van der Waals surface area contributed by atoms with Gasteiger partial charge in [-0.25, -0.2) is 0 Å². The quantitative estimate of drug-likeness (QED) is 0.542. The van der Waals surface area contributed by atoms with Gasteiger partial charge >= 0.3 is 0 Å². The first-order valence-corrected chi connectivity index (χ1v) is 4.33. The number of rotatable bonds is 5. The zero-order valence-electron chi connectivity index (χ0n) is 7.53. The Morgan fingerprint density at radius 2 is 2.15 bits per heavy atom. The van der Waals surface area contributed by atoms with E-state index >= 15 is 0 Å². The van der Waals surface area contributed by atoms with E-state index in [1.165, 1.54) is 0 Å². The number of hydrogen-bond donors (Lipinski definition) is 3. The second-order valence-electron chi connectivity index (χ2n) is 2.72. The highest BCUT2D eigenvalue weighted by Crippen LogP contribution is 1.97. The summed E-state index contributed by atoms with van der Waals surface area (Å²) in [6, 6.07) is 5.77. The Morgan fingerprint density at radius 3 is 2.85 bits per heavy atom. The van der Waals surface area contributed by atoms with Gasteiger partial charge in [-0.2, -0.15) is 0 Å². The molecule has 0 bridgehead atoms. The Bertz CT molecular complexity index is 252. The molecule has 0 unspecified atom stereocenters. The number of aliphatic hydroxyl groups is 1. The van der Waals surface area contributed by atoms with Gasteiger partial charge in [0.25, 0.3) is 0 Å². The number of nitrogens with two attached hydrogens (primary N) is 1. The van der Waals surface area contributed by atoms with Crippen molar-refractivity contribution in [2.75, 3.05) is 13.2 Å². The van der Waals surface area contributed by atoms with E-state index in [0.717, 1.165) is 11.4 Å². The molecule has 4 nitrogen and oxygen atoms in total. The van der Waals surface area contributed by atoms with Crippen molar-refractivity contribution in [2.24, 2.45) is 5.73 Å². The van der Waals surface area contributed by atoms with Crippen molar-refractivity contribution in [1.82, 2.24) is 10.3 Å². The van der Waals surface area contributed by atoms with Gasteiger partial charge in [-0.1, -0.05) is 6.07 Å². The van der Waals surface area contributed by atoms with Crippen LogP contribution in [0, 0.1) is 0 Å². The van der Waals surface area contributed by atoms with Crippen LogP contribution in [0.4, 0.5) is 0 Å². The number of nitrogens with one attached hydrogen (secondary N) is 1. The summed E-state index contributed by atoms with van der Waals surface area (Å²) >= 11 is 0. The number of nitrogens with zero attached hydrogens (tertiary/aromatic N) is 1. The molecule has 0 amide bonds. The average molecular weight is 181 g/mol. The van der Waals surface area contributed by atoms with Crippen LogP contribution >= 0.6 is 0 Å². The van der Waals surface area contributed by atoms with Gasteiger partial charge in [0.2, 0.25) is 0 Å². The van der Waals surface area contributed by atoms with Crippen LogP contribution < -0.4 is 11.1 Å². The van der Waals surface area contributed by atoms with E-state index in [4.69, 9.17) is 10.8 Å². The second kappa shape index (κ2) is 5.64. The molecule has 4 heteroatoms. The Labute approximate surface area is 77.8 Å². The Balaban J connectivity index is 2.46. The lowest BCUT2D eigenvalue weighted by Gasteiger charge is -2.03. The van der Waals surface area contributed by atoms with Crippen LogP contribution in [0.5, 0.6) is 0 Å². The molecule has 0 aliphatic heterocycles. The molecule has 1 aromatic heterocycles. The minimum atomic E-state index is 0.149. The van der Waals surface area contributed by atoms with E-state index in [9.17, 15) is 0 Å². The molecule has 0 atom stereocenters. The maximum Gasteiger partial charge on any atom is 0.0556 e.